The molecule has 2 rings (SSSR count). The fourth-order valence-electron chi connectivity index (χ4n) is 1.83. The highest BCUT2D eigenvalue weighted by Gasteiger charge is 2.12. The van der Waals surface area contributed by atoms with E-state index in [1.165, 1.54) is 6.92 Å². The van der Waals surface area contributed by atoms with Crippen molar-refractivity contribution in [1.29, 1.82) is 0 Å². The lowest BCUT2D eigenvalue weighted by Gasteiger charge is -2.08. The summed E-state index contributed by atoms with van der Waals surface area (Å²) >= 11 is 0. The molecule has 0 aliphatic rings. The van der Waals surface area contributed by atoms with Gasteiger partial charge in [-0.05, 0) is 19.1 Å². The van der Waals surface area contributed by atoms with Crippen LogP contribution in [0.5, 0.6) is 5.75 Å². The van der Waals surface area contributed by atoms with Gasteiger partial charge in [0.25, 0.3) is 5.56 Å². The summed E-state index contributed by atoms with van der Waals surface area (Å²) in [5.41, 5.74) is -0.290. The van der Waals surface area contributed by atoms with Gasteiger partial charge in [0.2, 0.25) is 0 Å². The molecule has 0 unspecified atom stereocenters. The molecule has 22 heavy (non-hydrogen) atoms. The highest BCUT2D eigenvalue weighted by molar-refractivity contribution is 5.70. The molecule has 0 atom stereocenters. The fourth-order valence-corrected chi connectivity index (χ4v) is 1.83. The number of hydrogen-bond donors (Lipinski definition) is 2. The van der Waals surface area contributed by atoms with Crippen molar-refractivity contribution in [1.82, 2.24) is 9.97 Å². The molecule has 0 spiro atoms. The average molecular weight is 310 g/mol. The van der Waals surface area contributed by atoms with Crippen LogP contribution in [0.3, 0.4) is 0 Å². The lowest BCUT2D eigenvalue weighted by Crippen LogP contribution is -2.22. The molecule has 116 valence electrons. The number of halogens is 2. The van der Waals surface area contributed by atoms with Gasteiger partial charge in [0, 0.05) is 17.3 Å². The summed E-state index contributed by atoms with van der Waals surface area (Å²) in [4.78, 5) is 28.8. The third kappa shape index (κ3) is 3.66. The van der Waals surface area contributed by atoms with E-state index in [9.17, 15) is 18.4 Å². The molecule has 0 bridgehead atoms. The molecule has 1 aromatic heterocycles. The molecule has 0 fully saturated rings. The van der Waals surface area contributed by atoms with E-state index in [1.807, 2.05) is 0 Å². The molecule has 0 saturated heterocycles. The van der Waals surface area contributed by atoms with Crippen molar-refractivity contribution in [2.45, 2.75) is 20.0 Å². The van der Waals surface area contributed by atoms with Gasteiger partial charge in [-0.2, -0.15) is 0 Å². The zero-order chi connectivity index (χ0) is 16.3. The molecule has 8 heteroatoms. The number of benzene rings is 1. The zero-order valence-electron chi connectivity index (χ0n) is 11.5. The van der Waals surface area contributed by atoms with Gasteiger partial charge in [-0.1, -0.05) is 0 Å². The summed E-state index contributed by atoms with van der Waals surface area (Å²) in [6, 6.07) is 2.83. The molecule has 0 saturated carbocycles. The van der Waals surface area contributed by atoms with Crippen molar-refractivity contribution in [3.63, 3.8) is 0 Å². The van der Waals surface area contributed by atoms with Crippen LogP contribution < -0.4 is 10.3 Å². The largest absolute Gasteiger partial charge is 0.483 e. The van der Waals surface area contributed by atoms with Crippen LogP contribution in [-0.4, -0.2) is 21.0 Å². The van der Waals surface area contributed by atoms with E-state index in [4.69, 9.17) is 9.84 Å². The van der Waals surface area contributed by atoms with Gasteiger partial charge in [0.05, 0.1) is 6.42 Å². The van der Waals surface area contributed by atoms with Crippen molar-refractivity contribution in [3.05, 3.63) is 57.3 Å². The summed E-state index contributed by atoms with van der Waals surface area (Å²) in [6.07, 6.45) is -0.443. The van der Waals surface area contributed by atoms with Gasteiger partial charge in [0.15, 0.2) is 11.6 Å². The number of H-pyrrole nitrogens is 1. The van der Waals surface area contributed by atoms with Crippen LogP contribution >= 0.6 is 0 Å². The SMILES string of the molecule is Cc1nc(COc2ccc(F)cc2F)[nH]c(=O)c1CC(=O)O. The Bertz CT molecular complexity index is 774. The number of rotatable bonds is 5. The van der Waals surface area contributed by atoms with Crippen LogP contribution in [-0.2, 0) is 17.8 Å². The zero-order valence-corrected chi connectivity index (χ0v) is 11.5. The topological polar surface area (TPSA) is 92.3 Å². The first-order chi connectivity index (χ1) is 10.4. The maximum Gasteiger partial charge on any atom is 0.308 e. The molecule has 2 aromatic rings. The van der Waals surface area contributed by atoms with Crippen molar-refractivity contribution in [2.24, 2.45) is 0 Å². The Morgan fingerprint density at radius 1 is 1.41 bits per heavy atom. The predicted molar refractivity (Wildman–Crippen MR) is 71.6 cm³/mol. The fraction of sp³-hybridized carbons (Fsp3) is 0.214. The van der Waals surface area contributed by atoms with Gasteiger partial charge < -0.3 is 14.8 Å². The van der Waals surface area contributed by atoms with E-state index >= 15 is 0 Å². The lowest BCUT2D eigenvalue weighted by atomic mass is 10.2. The number of aromatic nitrogens is 2. The van der Waals surface area contributed by atoms with Crippen molar-refractivity contribution < 1.29 is 23.4 Å². The number of carbonyl (C=O) groups is 1. The monoisotopic (exact) mass is 310 g/mol. The van der Waals surface area contributed by atoms with Crippen LogP contribution in [0.1, 0.15) is 17.1 Å². The smallest absolute Gasteiger partial charge is 0.308 e. The normalized spacial score (nSPS) is 10.5. The summed E-state index contributed by atoms with van der Waals surface area (Å²) in [6.45, 7) is 1.25. The number of aliphatic carboxylic acids is 1. The van der Waals surface area contributed by atoms with Crippen LogP contribution in [0.25, 0.3) is 0 Å². The Hall–Kier alpha value is -2.77. The van der Waals surface area contributed by atoms with E-state index < -0.39 is 29.6 Å². The molecule has 0 radical (unpaired) electrons. The maximum atomic E-state index is 13.4. The average Bonchev–Trinajstić information content (AvgIpc) is 2.41. The molecule has 0 aliphatic carbocycles. The Labute approximate surface area is 123 Å². The molecule has 6 nitrogen and oxygen atoms in total. The van der Waals surface area contributed by atoms with E-state index in [1.54, 1.807) is 0 Å². The van der Waals surface area contributed by atoms with Gasteiger partial charge in [-0.3, -0.25) is 9.59 Å². The number of nitrogens with zero attached hydrogens (tertiary/aromatic N) is 1. The Balaban J connectivity index is 2.17. The number of carboxylic acid groups (broad SMARTS) is 1. The van der Waals surface area contributed by atoms with Crippen LogP contribution in [0.15, 0.2) is 23.0 Å². The van der Waals surface area contributed by atoms with E-state index in [0.717, 1.165) is 12.1 Å². The quantitative estimate of drug-likeness (QED) is 0.874. The minimum absolute atomic E-state index is 0.0456. The lowest BCUT2D eigenvalue weighted by molar-refractivity contribution is -0.136. The van der Waals surface area contributed by atoms with Crippen LogP contribution in [0, 0.1) is 18.6 Å². The van der Waals surface area contributed by atoms with E-state index in [0.29, 0.717) is 6.07 Å². The number of carboxylic acids is 1. The summed E-state index contributed by atoms with van der Waals surface area (Å²) in [5.74, 6) is -2.82. The molecule has 2 N–H and O–H groups in total. The number of hydrogen-bond acceptors (Lipinski definition) is 4. The van der Waals surface area contributed by atoms with Crippen molar-refractivity contribution in [2.75, 3.05) is 0 Å². The minimum Gasteiger partial charge on any atom is -0.483 e. The van der Waals surface area contributed by atoms with E-state index in [2.05, 4.69) is 9.97 Å². The highest BCUT2D eigenvalue weighted by Crippen LogP contribution is 2.18. The Kier molecular flexibility index (Phi) is 4.50. The molecule has 1 heterocycles. The second kappa shape index (κ2) is 6.33. The minimum atomic E-state index is -1.15. The molecule has 1 aromatic carbocycles. The van der Waals surface area contributed by atoms with Gasteiger partial charge in [-0.25, -0.2) is 13.8 Å². The standard InChI is InChI=1S/C14H12F2N2O4/c1-7-9(5-13(19)20)14(21)18-12(17-7)6-22-11-3-2-8(15)4-10(11)16/h2-4H,5-6H2,1H3,(H,19,20)(H,17,18,21). The molecular weight excluding hydrogens is 298 g/mol. The molecule has 0 amide bonds. The maximum absolute atomic E-state index is 13.4. The molecular formula is C14H12F2N2O4. The van der Waals surface area contributed by atoms with Crippen LogP contribution in [0.2, 0.25) is 0 Å². The van der Waals surface area contributed by atoms with Crippen LogP contribution in [0.4, 0.5) is 8.78 Å². The van der Waals surface area contributed by atoms with Gasteiger partial charge >= 0.3 is 5.97 Å². The van der Waals surface area contributed by atoms with E-state index in [-0.39, 0.29) is 29.4 Å². The number of aryl methyl sites for hydroxylation is 1. The van der Waals surface area contributed by atoms with Gasteiger partial charge in [0.1, 0.15) is 18.2 Å². The van der Waals surface area contributed by atoms with Crippen molar-refractivity contribution >= 4 is 5.97 Å². The summed E-state index contributed by atoms with van der Waals surface area (Å²) in [7, 11) is 0. The first-order valence-electron chi connectivity index (χ1n) is 6.25. The Morgan fingerprint density at radius 3 is 2.73 bits per heavy atom. The highest BCUT2D eigenvalue weighted by atomic mass is 19.1. The number of nitrogens with one attached hydrogen (secondary N) is 1. The first kappa shape index (κ1) is 15.6. The summed E-state index contributed by atoms with van der Waals surface area (Å²) < 4.78 is 31.3. The second-order valence-electron chi connectivity index (χ2n) is 4.51. The molecule has 0 aliphatic heterocycles. The third-order valence-corrected chi connectivity index (χ3v) is 2.86. The summed E-state index contributed by atoms with van der Waals surface area (Å²) in [5, 5.41) is 8.71. The number of ether oxygens (including phenoxy) is 1. The number of aromatic amines is 1. The van der Waals surface area contributed by atoms with Crippen molar-refractivity contribution in [3.8, 4) is 5.75 Å². The second-order valence-corrected chi connectivity index (χ2v) is 4.51. The third-order valence-electron chi connectivity index (χ3n) is 2.86. The Morgan fingerprint density at radius 2 is 2.14 bits per heavy atom. The predicted octanol–water partition coefficient (Wildman–Crippen LogP) is 1.56. The first-order valence-corrected chi connectivity index (χ1v) is 6.25. The van der Waals surface area contributed by atoms with Gasteiger partial charge in [-0.15, -0.1) is 0 Å².